The van der Waals surface area contributed by atoms with E-state index >= 15 is 0 Å². The summed E-state index contributed by atoms with van der Waals surface area (Å²) in [5.41, 5.74) is 0. The maximum Gasteiger partial charge on any atom is 0.0708 e. The van der Waals surface area contributed by atoms with Gasteiger partial charge in [0.2, 0.25) is 0 Å². The van der Waals surface area contributed by atoms with Crippen molar-refractivity contribution >= 4 is 0 Å². The molecule has 1 heterocycles. The molecular weight excluding hydrogens is 292 g/mol. The highest BCUT2D eigenvalue weighted by Crippen LogP contribution is 2.21. The zero-order valence-electron chi connectivity index (χ0n) is 16.8. The molecule has 2 atom stereocenters. The molecule has 1 aliphatic heterocycles. The highest BCUT2D eigenvalue weighted by Gasteiger charge is 2.12. The van der Waals surface area contributed by atoms with Gasteiger partial charge in [-0.25, -0.2) is 0 Å². The molecule has 0 aromatic rings. The van der Waals surface area contributed by atoms with Crippen molar-refractivity contribution in [2.24, 2.45) is 10.2 Å². The van der Waals surface area contributed by atoms with E-state index in [9.17, 15) is 0 Å². The molecule has 0 fully saturated rings. The van der Waals surface area contributed by atoms with Crippen LogP contribution < -0.4 is 0 Å². The van der Waals surface area contributed by atoms with Crippen molar-refractivity contribution in [2.45, 2.75) is 142 Å². The monoisotopic (exact) mass is 336 g/mol. The van der Waals surface area contributed by atoms with Crippen molar-refractivity contribution in [2.75, 3.05) is 0 Å². The fourth-order valence-corrected chi connectivity index (χ4v) is 3.79. The van der Waals surface area contributed by atoms with Crippen LogP contribution in [0.2, 0.25) is 0 Å². The minimum absolute atomic E-state index is 0.513. The highest BCUT2D eigenvalue weighted by molar-refractivity contribution is 4.70. The second-order valence-corrected chi connectivity index (χ2v) is 7.94. The highest BCUT2D eigenvalue weighted by atomic mass is 15.1. The van der Waals surface area contributed by atoms with Crippen LogP contribution in [-0.4, -0.2) is 12.1 Å². The van der Waals surface area contributed by atoms with Crippen LogP contribution in [0.25, 0.3) is 0 Å². The van der Waals surface area contributed by atoms with Gasteiger partial charge in [-0.15, -0.1) is 0 Å². The summed E-state index contributed by atoms with van der Waals surface area (Å²) >= 11 is 0. The van der Waals surface area contributed by atoms with Gasteiger partial charge in [-0.05, 0) is 25.7 Å². The molecule has 142 valence electrons. The van der Waals surface area contributed by atoms with Crippen molar-refractivity contribution in [3.8, 4) is 0 Å². The van der Waals surface area contributed by atoms with Crippen molar-refractivity contribution in [3.05, 3.63) is 0 Å². The molecule has 0 aromatic carbocycles. The summed E-state index contributed by atoms with van der Waals surface area (Å²) in [7, 11) is 0. The maximum absolute atomic E-state index is 4.86. The van der Waals surface area contributed by atoms with Crippen LogP contribution in [0.5, 0.6) is 0 Å². The molecular formula is C22H44N2. The Morgan fingerprint density at radius 2 is 0.958 bits per heavy atom. The third kappa shape index (κ3) is 12.0. The third-order valence-electron chi connectivity index (χ3n) is 5.50. The Morgan fingerprint density at radius 3 is 1.38 bits per heavy atom. The Morgan fingerprint density at radius 1 is 0.542 bits per heavy atom. The van der Waals surface area contributed by atoms with Crippen molar-refractivity contribution in [1.29, 1.82) is 0 Å². The van der Waals surface area contributed by atoms with E-state index in [0.29, 0.717) is 12.1 Å². The minimum Gasteiger partial charge on any atom is -0.191 e. The molecule has 0 saturated heterocycles. The largest absolute Gasteiger partial charge is 0.191 e. The Labute approximate surface area is 152 Å². The van der Waals surface area contributed by atoms with Gasteiger partial charge in [0.05, 0.1) is 12.1 Å². The summed E-state index contributed by atoms with van der Waals surface area (Å²) in [6.07, 6.45) is 24.3. The predicted molar refractivity (Wildman–Crippen MR) is 107 cm³/mol. The zero-order valence-corrected chi connectivity index (χ0v) is 16.8. The van der Waals surface area contributed by atoms with Gasteiger partial charge in [-0.3, -0.25) is 0 Å². The number of azo groups is 1. The Bertz CT molecular complexity index is 260. The van der Waals surface area contributed by atoms with Crippen LogP contribution in [0, 0.1) is 0 Å². The first-order valence-electron chi connectivity index (χ1n) is 11.3. The molecule has 0 aromatic heterocycles. The summed E-state index contributed by atoms with van der Waals surface area (Å²) in [5.74, 6) is 0. The zero-order chi connectivity index (χ0) is 17.3. The van der Waals surface area contributed by atoms with E-state index in [1.807, 2.05) is 0 Å². The third-order valence-corrected chi connectivity index (χ3v) is 5.50. The lowest BCUT2D eigenvalue weighted by atomic mass is 9.99. The lowest BCUT2D eigenvalue weighted by Gasteiger charge is -2.16. The summed E-state index contributed by atoms with van der Waals surface area (Å²) in [5, 5.41) is 9.72. The smallest absolute Gasteiger partial charge is 0.0708 e. The van der Waals surface area contributed by atoms with E-state index in [-0.39, 0.29) is 0 Å². The molecule has 0 N–H and O–H groups in total. The van der Waals surface area contributed by atoms with Crippen molar-refractivity contribution in [1.82, 2.24) is 0 Å². The molecule has 2 unspecified atom stereocenters. The summed E-state index contributed by atoms with van der Waals surface area (Å²) in [6.45, 7) is 4.58. The first kappa shape index (κ1) is 21.6. The number of unbranched alkanes of at least 4 members (excludes halogenated alkanes) is 6. The number of hydrogen-bond donors (Lipinski definition) is 0. The van der Waals surface area contributed by atoms with E-state index in [2.05, 4.69) is 13.8 Å². The Kier molecular flexibility index (Phi) is 14.5. The number of rotatable bonds is 10. The van der Waals surface area contributed by atoms with E-state index in [1.54, 1.807) is 0 Å². The SMILES string of the molecule is CCCCCCC1CCCCCCCCC(CCCCCC)/N=N/1. The van der Waals surface area contributed by atoms with Gasteiger partial charge in [0.25, 0.3) is 0 Å². The topological polar surface area (TPSA) is 24.7 Å². The number of hydrogen-bond acceptors (Lipinski definition) is 2. The molecule has 1 aliphatic rings. The van der Waals surface area contributed by atoms with Crippen LogP contribution in [0.15, 0.2) is 10.2 Å². The molecule has 0 spiro atoms. The van der Waals surface area contributed by atoms with Crippen LogP contribution in [0.3, 0.4) is 0 Å². The van der Waals surface area contributed by atoms with E-state index in [4.69, 9.17) is 10.2 Å². The van der Waals surface area contributed by atoms with Gasteiger partial charge >= 0.3 is 0 Å². The molecule has 24 heavy (non-hydrogen) atoms. The minimum atomic E-state index is 0.513. The number of nitrogens with zero attached hydrogens (tertiary/aromatic N) is 2. The van der Waals surface area contributed by atoms with Gasteiger partial charge in [0, 0.05) is 0 Å². The fourth-order valence-electron chi connectivity index (χ4n) is 3.79. The Balaban J connectivity index is 2.46. The molecule has 1 rings (SSSR count). The van der Waals surface area contributed by atoms with E-state index in [1.165, 1.54) is 116 Å². The molecule has 0 saturated carbocycles. The van der Waals surface area contributed by atoms with Gasteiger partial charge in [-0.1, -0.05) is 104 Å². The second-order valence-electron chi connectivity index (χ2n) is 7.94. The fraction of sp³-hybridized carbons (Fsp3) is 1.00. The Hall–Kier alpha value is -0.400. The normalized spacial score (nSPS) is 24.9. The molecule has 2 heteroatoms. The van der Waals surface area contributed by atoms with Gasteiger partial charge in [-0.2, -0.15) is 10.2 Å². The van der Waals surface area contributed by atoms with Gasteiger partial charge in [0.1, 0.15) is 0 Å². The molecule has 0 amide bonds. The first-order chi connectivity index (χ1) is 11.9. The lowest BCUT2D eigenvalue weighted by molar-refractivity contribution is 0.424. The van der Waals surface area contributed by atoms with E-state index in [0.717, 1.165) is 0 Å². The average molecular weight is 337 g/mol. The van der Waals surface area contributed by atoms with Crippen LogP contribution >= 0.6 is 0 Å². The van der Waals surface area contributed by atoms with Crippen LogP contribution in [-0.2, 0) is 0 Å². The van der Waals surface area contributed by atoms with Crippen LogP contribution in [0.1, 0.15) is 129 Å². The standard InChI is InChI=1S/C22H44N2/c1-3-5-7-13-17-21-19-15-11-9-10-12-16-20-22(24-23-21)18-14-8-6-4-2/h21-22H,3-20H2,1-2H3/b24-23+. The summed E-state index contributed by atoms with van der Waals surface area (Å²) in [4.78, 5) is 0. The van der Waals surface area contributed by atoms with E-state index < -0.39 is 0 Å². The molecule has 0 bridgehead atoms. The predicted octanol–water partition coefficient (Wildman–Crippen LogP) is 8.25. The summed E-state index contributed by atoms with van der Waals surface area (Å²) < 4.78 is 0. The summed E-state index contributed by atoms with van der Waals surface area (Å²) in [6, 6.07) is 1.03. The quantitative estimate of drug-likeness (QED) is 0.359. The lowest BCUT2D eigenvalue weighted by Crippen LogP contribution is -2.09. The second kappa shape index (κ2) is 16.1. The van der Waals surface area contributed by atoms with Crippen molar-refractivity contribution in [3.63, 3.8) is 0 Å². The molecule has 0 radical (unpaired) electrons. The molecule has 2 nitrogen and oxygen atoms in total. The average Bonchev–Trinajstić information content (AvgIpc) is 2.59. The molecule has 0 aliphatic carbocycles. The maximum atomic E-state index is 4.86. The van der Waals surface area contributed by atoms with Crippen LogP contribution in [0.4, 0.5) is 0 Å². The van der Waals surface area contributed by atoms with Gasteiger partial charge in [0.15, 0.2) is 0 Å². The van der Waals surface area contributed by atoms with Gasteiger partial charge < -0.3 is 0 Å². The first-order valence-corrected chi connectivity index (χ1v) is 11.3. The van der Waals surface area contributed by atoms with Crippen molar-refractivity contribution < 1.29 is 0 Å².